The van der Waals surface area contributed by atoms with E-state index in [1.54, 1.807) is 12.1 Å². The average Bonchev–Trinajstić information content (AvgIpc) is 2.42. The third-order valence-corrected chi connectivity index (χ3v) is 2.76. The van der Waals surface area contributed by atoms with Crippen LogP contribution in [-0.4, -0.2) is 24.8 Å². The van der Waals surface area contributed by atoms with E-state index in [0.29, 0.717) is 35.8 Å². The fourth-order valence-electron chi connectivity index (χ4n) is 1.77. The van der Waals surface area contributed by atoms with Crippen molar-refractivity contribution in [1.82, 2.24) is 0 Å². The molecule has 0 amide bonds. The molecule has 0 radical (unpaired) electrons. The van der Waals surface area contributed by atoms with Crippen LogP contribution < -0.4 is 9.47 Å². The van der Waals surface area contributed by atoms with E-state index in [9.17, 15) is 9.59 Å². The van der Waals surface area contributed by atoms with Crippen molar-refractivity contribution in [1.29, 1.82) is 0 Å². The maximum atomic E-state index is 11.7. The lowest BCUT2D eigenvalue weighted by molar-refractivity contribution is 0.0994. The molecule has 4 heteroatoms. The molecule has 0 aliphatic carbocycles. The highest BCUT2D eigenvalue weighted by Gasteiger charge is 2.17. The molecule has 0 fully saturated rings. The van der Waals surface area contributed by atoms with Crippen LogP contribution in [0.2, 0.25) is 0 Å². The first-order valence-corrected chi connectivity index (χ1v) is 6.96. The van der Waals surface area contributed by atoms with Gasteiger partial charge in [0, 0.05) is 0 Å². The first-order chi connectivity index (χ1) is 9.51. The summed E-state index contributed by atoms with van der Waals surface area (Å²) < 4.78 is 11.1. The summed E-state index contributed by atoms with van der Waals surface area (Å²) in [5.41, 5.74) is 0.907. The molecule has 0 spiro atoms. The van der Waals surface area contributed by atoms with Crippen molar-refractivity contribution in [3.05, 3.63) is 23.3 Å². The van der Waals surface area contributed by atoms with Gasteiger partial charge in [0.1, 0.15) is 11.5 Å². The van der Waals surface area contributed by atoms with Gasteiger partial charge < -0.3 is 9.47 Å². The molecule has 0 aromatic heterocycles. The molecule has 110 valence electrons. The SMILES string of the molecule is CCCOc1cc(C(C)=O)c(OCCC)cc1C(C)=O. The van der Waals surface area contributed by atoms with Crippen molar-refractivity contribution in [2.45, 2.75) is 40.5 Å². The zero-order valence-electron chi connectivity index (χ0n) is 12.6. The number of carbonyl (C=O) groups excluding carboxylic acids is 2. The number of hydrogen-bond donors (Lipinski definition) is 0. The lowest BCUT2D eigenvalue weighted by atomic mass is 10.0. The van der Waals surface area contributed by atoms with Crippen LogP contribution in [0.3, 0.4) is 0 Å². The predicted octanol–water partition coefficient (Wildman–Crippen LogP) is 3.67. The summed E-state index contributed by atoms with van der Waals surface area (Å²) in [5.74, 6) is 0.696. The first kappa shape index (κ1) is 16.2. The number of hydrogen-bond acceptors (Lipinski definition) is 4. The van der Waals surface area contributed by atoms with Gasteiger partial charge in [0.05, 0.1) is 24.3 Å². The van der Waals surface area contributed by atoms with E-state index in [1.807, 2.05) is 13.8 Å². The molecule has 0 unspecified atom stereocenters. The van der Waals surface area contributed by atoms with E-state index in [-0.39, 0.29) is 11.6 Å². The minimum atomic E-state index is -0.104. The van der Waals surface area contributed by atoms with Gasteiger partial charge in [0.2, 0.25) is 0 Å². The summed E-state index contributed by atoms with van der Waals surface area (Å²) in [4.78, 5) is 23.4. The highest BCUT2D eigenvalue weighted by molar-refractivity contribution is 6.02. The molecule has 0 N–H and O–H groups in total. The summed E-state index contributed by atoms with van der Waals surface area (Å²) in [7, 11) is 0. The van der Waals surface area contributed by atoms with E-state index in [2.05, 4.69) is 0 Å². The molecule has 0 saturated carbocycles. The smallest absolute Gasteiger partial charge is 0.163 e. The van der Waals surface area contributed by atoms with Gasteiger partial charge in [-0.1, -0.05) is 13.8 Å². The van der Waals surface area contributed by atoms with E-state index >= 15 is 0 Å². The van der Waals surface area contributed by atoms with Gasteiger partial charge in [-0.25, -0.2) is 0 Å². The molecule has 1 aromatic rings. The van der Waals surface area contributed by atoms with Gasteiger partial charge in [-0.2, -0.15) is 0 Å². The van der Waals surface area contributed by atoms with E-state index in [1.165, 1.54) is 13.8 Å². The van der Waals surface area contributed by atoms with Gasteiger partial charge in [-0.05, 0) is 38.8 Å². The van der Waals surface area contributed by atoms with Crippen LogP contribution in [0.15, 0.2) is 12.1 Å². The molecule has 1 rings (SSSR count). The van der Waals surface area contributed by atoms with E-state index in [4.69, 9.17) is 9.47 Å². The predicted molar refractivity (Wildman–Crippen MR) is 78.0 cm³/mol. The number of ether oxygens (including phenoxy) is 2. The van der Waals surface area contributed by atoms with Crippen LogP contribution in [0, 0.1) is 0 Å². The van der Waals surface area contributed by atoms with Crippen LogP contribution in [0.5, 0.6) is 11.5 Å². The molecular formula is C16H22O4. The Morgan fingerprint density at radius 2 is 1.20 bits per heavy atom. The number of carbonyl (C=O) groups is 2. The molecule has 0 atom stereocenters. The summed E-state index contributed by atoms with van der Waals surface area (Å²) in [6, 6.07) is 3.22. The van der Waals surface area contributed by atoms with Gasteiger partial charge in [-0.3, -0.25) is 9.59 Å². The fourth-order valence-corrected chi connectivity index (χ4v) is 1.77. The Morgan fingerprint density at radius 1 is 0.850 bits per heavy atom. The summed E-state index contributed by atoms with van der Waals surface area (Å²) in [6.07, 6.45) is 1.67. The second-order valence-electron chi connectivity index (χ2n) is 4.65. The molecule has 0 aliphatic heterocycles. The third kappa shape index (κ3) is 4.08. The molecule has 0 heterocycles. The quantitative estimate of drug-likeness (QED) is 0.681. The van der Waals surface area contributed by atoms with Crippen LogP contribution >= 0.6 is 0 Å². The van der Waals surface area contributed by atoms with Crippen molar-refractivity contribution in [2.75, 3.05) is 13.2 Å². The lowest BCUT2D eigenvalue weighted by Gasteiger charge is -2.15. The Bertz CT molecular complexity index is 446. The minimum Gasteiger partial charge on any atom is -0.493 e. The number of rotatable bonds is 8. The Morgan fingerprint density at radius 3 is 1.45 bits per heavy atom. The lowest BCUT2D eigenvalue weighted by Crippen LogP contribution is -2.08. The first-order valence-electron chi connectivity index (χ1n) is 6.96. The summed E-state index contributed by atoms with van der Waals surface area (Å²) in [6.45, 7) is 7.94. The Kier molecular flexibility index (Phi) is 6.22. The Hall–Kier alpha value is -1.84. The normalized spacial score (nSPS) is 10.2. The molecule has 20 heavy (non-hydrogen) atoms. The van der Waals surface area contributed by atoms with Crippen molar-refractivity contribution in [2.24, 2.45) is 0 Å². The number of Topliss-reactive ketones (excluding diaryl/α,β-unsaturated/α-hetero) is 2. The molecule has 0 saturated heterocycles. The van der Waals surface area contributed by atoms with Gasteiger partial charge >= 0.3 is 0 Å². The second-order valence-corrected chi connectivity index (χ2v) is 4.65. The minimum absolute atomic E-state index is 0.104. The van der Waals surface area contributed by atoms with Crippen LogP contribution in [0.1, 0.15) is 61.3 Å². The van der Waals surface area contributed by atoms with Crippen molar-refractivity contribution in [3.63, 3.8) is 0 Å². The maximum Gasteiger partial charge on any atom is 0.163 e. The monoisotopic (exact) mass is 278 g/mol. The molecule has 1 aromatic carbocycles. The second kappa shape index (κ2) is 7.68. The van der Waals surface area contributed by atoms with Crippen LogP contribution in [-0.2, 0) is 0 Å². The van der Waals surface area contributed by atoms with Crippen molar-refractivity contribution >= 4 is 11.6 Å². The average molecular weight is 278 g/mol. The maximum absolute atomic E-state index is 11.7. The highest BCUT2D eigenvalue weighted by atomic mass is 16.5. The zero-order chi connectivity index (χ0) is 15.1. The standard InChI is InChI=1S/C16H22O4/c1-5-7-19-15-9-14(12(4)18)16(20-8-6-2)10-13(15)11(3)17/h9-10H,5-8H2,1-4H3. The molecular weight excluding hydrogens is 256 g/mol. The highest BCUT2D eigenvalue weighted by Crippen LogP contribution is 2.30. The van der Waals surface area contributed by atoms with Crippen molar-refractivity contribution in [3.8, 4) is 11.5 Å². The fraction of sp³-hybridized carbons (Fsp3) is 0.500. The summed E-state index contributed by atoms with van der Waals surface area (Å²) in [5, 5.41) is 0. The van der Waals surface area contributed by atoms with Crippen molar-refractivity contribution < 1.29 is 19.1 Å². The molecule has 0 aliphatic rings. The van der Waals surface area contributed by atoms with Crippen LogP contribution in [0.25, 0.3) is 0 Å². The van der Waals surface area contributed by atoms with Gasteiger partial charge in [0.25, 0.3) is 0 Å². The zero-order valence-corrected chi connectivity index (χ0v) is 12.6. The number of benzene rings is 1. The van der Waals surface area contributed by atoms with Gasteiger partial charge in [0.15, 0.2) is 11.6 Å². The van der Waals surface area contributed by atoms with E-state index < -0.39 is 0 Å². The third-order valence-electron chi connectivity index (χ3n) is 2.76. The van der Waals surface area contributed by atoms with Crippen LogP contribution in [0.4, 0.5) is 0 Å². The van der Waals surface area contributed by atoms with E-state index in [0.717, 1.165) is 12.8 Å². The topological polar surface area (TPSA) is 52.6 Å². The van der Waals surface area contributed by atoms with Gasteiger partial charge in [-0.15, -0.1) is 0 Å². The molecule has 0 bridgehead atoms. The summed E-state index contributed by atoms with van der Waals surface area (Å²) >= 11 is 0. The number of ketones is 2. The Labute approximate surface area is 120 Å². The largest absolute Gasteiger partial charge is 0.493 e. The molecule has 4 nitrogen and oxygen atoms in total. The Balaban J connectivity index is 3.27.